The first-order valence-electron chi connectivity index (χ1n) is 8.72. The molecule has 0 aromatic heterocycles. The SMILES string of the molecule is CN(C(=O)Nc1ccc(OC(C)(C)C)cc1)C1CCC(CO)CC1. The van der Waals surface area contributed by atoms with Crippen LogP contribution in [0.15, 0.2) is 24.3 Å². The van der Waals surface area contributed by atoms with Crippen molar-refractivity contribution in [2.24, 2.45) is 5.92 Å². The normalized spacial score (nSPS) is 21.2. The molecule has 1 aromatic rings. The summed E-state index contributed by atoms with van der Waals surface area (Å²) in [6.45, 7) is 6.26. The number of aliphatic hydroxyl groups is 1. The van der Waals surface area contributed by atoms with E-state index in [0.29, 0.717) is 5.92 Å². The van der Waals surface area contributed by atoms with E-state index in [2.05, 4.69) is 5.32 Å². The first-order chi connectivity index (χ1) is 11.3. The number of nitrogens with zero attached hydrogens (tertiary/aromatic N) is 1. The molecule has 1 aromatic carbocycles. The molecule has 0 heterocycles. The molecule has 0 unspecified atom stereocenters. The summed E-state index contributed by atoms with van der Waals surface area (Å²) < 4.78 is 5.78. The van der Waals surface area contributed by atoms with Gasteiger partial charge in [-0.25, -0.2) is 4.79 Å². The average molecular weight is 334 g/mol. The monoisotopic (exact) mass is 334 g/mol. The molecule has 1 aliphatic rings. The second kappa shape index (κ2) is 7.88. The van der Waals surface area contributed by atoms with Gasteiger partial charge in [-0.3, -0.25) is 0 Å². The van der Waals surface area contributed by atoms with Crippen molar-refractivity contribution in [3.8, 4) is 5.75 Å². The zero-order valence-electron chi connectivity index (χ0n) is 15.2. The van der Waals surface area contributed by atoms with Gasteiger partial charge in [-0.2, -0.15) is 0 Å². The third kappa shape index (κ3) is 5.41. The predicted octanol–water partition coefficient (Wildman–Crippen LogP) is 3.88. The zero-order chi connectivity index (χ0) is 17.7. The van der Waals surface area contributed by atoms with E-state index in [1.165, 1.54) is 0 Å². The van der Waals surface area contributed by atoms with Crippen LogP contribution in [0.4, 0.5) is 10.5 Å². The number of urea groups is 1. The Labute approximate surface area is 145 Å². The lowest BCUT2D eigenvalue weighted by atomic mass is 9.86. The second-order valence-corrected chi connectivity index (χ2v) is 7.64. The smallest absolute Gasteiger partial charge is 0.321 e. The minimum atomic E-state index is -0.238. The van der Waals surface area contributed by atoms with E-state index in [9.17, 15) is 9.90 Å². The lowest BCUT2D eigenvalue weighted by molar-refractivity contribution is 0.131. The van der Waals surface area contributed by atoms with Crippen LogP contribution in [0, 0.1) is 5.92 Å². The van der Waals surface area contributed by atoms with E-state index in [1.54, 1.807) is 4.90 Å². The summed E-state index contributed by atoms with van der Waals surface area (Å²) in [6, 6.07) is 7.61. The Balaban J connectivity index is 1.87. The Bertz CT molecular complexity index is 529. The number of carbonyl (C=O) groups is 1. The average Bonchev–Trinajstić information content (AvgIpc) is 2.54. The summed E-state index contributed by atoms with van der Waals surface area (Å²) in [5.74, 6) is 1.18. The molecular weight excluding hydrogens is 304 g/mol. The minimum absolute atomic E-state index is 0.0908. The Morgan fingerprint density at radius 2 is 1.79 bits per heavy atom. The van der Waals surface area contributed by atoms with E-state index in [0.717, 1.165) is 37.1 Å². The number of ether oxygens (including phenoxy) is 1. The lowest BCUT2D eigenvalue weighted by Gasteiger charge is -2.34. The number of benzene rings is 1. The summed E-state index contributed by atoms with van der Waals surface area (Å²) in [4.78, 5) is 14.2. The first kappa shape index (κ1) is 18.6. The summed E-state index contributed by atoms with van der Waals surface area (Å²) in [5.41, 5.74) is 0.524. The maximum Gasteiger partial charge on any atom is 0.321 e. The zero-order valence-corrected chi connectivity index (χ0v) is 15.2. The number of aliphatic hydroxyl groups excluding tert-OH is 1. The Kier molecular flexibility index (Phi) is 6.10. The molecule has 0 bridgehead atoms. The lowest BCUT2D eigenvalue weighted by Crippen LogP contribution is -2.42. The van der Waals surface area contributed by atoms with Crippen LogP contribution in [-0.4, -0.2) is 41.3 Å². The second-order valence-electron chi connectivity index (χ2n) is 7.64. The van der Waals surface area contributed by atoms with Gasteiger partial charge in [0.05, 0.1) is 0 Å². The number of hydrogen-bond donors (Lipinski definition) is 2. The summed E-state index contributed by atoms with van der Waals surface area (Å²) in [7, 11) is 1.84. The number of carbonyl (C=O) groups excluding carboxylic acids is 1. The molecule has 2 amide bonds. The number of rotatable bonds is 4. The highest BCUT2D eigenvalue weighted by atomic mass is 16.5. The highest BCUT2D eigenvalue weighted by Crippen LogP contribution is 2.27. The van der Waals surface area contributed by atoms with Gasteiger partial charge in [0.1, 0.15) is 11.4 Å². The van der Waals surface area contributed by atoms with Crippen LogP contribution in [0.5, 0.6) is 5.75 Å². The predicted molar refractivity (Wildman–Crippen MR) is 96.4 cm³/mol. The largest absolute Gasteiger partial charge is 0.488 e. The summed E-state index contributed by atoms with van der Waals surface area (Å²) >= 11 is 0. The molecule has 0 saturated heterocycles. The number of nitrogens with one attached hydrogen (secondary N) is 1. The molecule has 0 spiro atoms. The minimum Gasteiger partial charge on any atom is -0.488 e. The van der Waals surface area contributed by atoms with Crippen molar-refractivity contribution in [3.63, 3.8) is 0 Å². The third-order valence-corrected chi connectivity index (χ3v) is 4.47. The fourth-order valence-corrected chi connectivity index (χ4v) is 3.05. The van der Waals surface area contributed by atoms with Gasteiger partial charge >= 0.3 is 6.03 Å². The van der Waals surface area contributed by atoms with Crippen molar-refractivity contribution in [2.75, 3.05) is 19.0 Å². The van der Waals surface area contributed by atoms with E-state index in [1.807, 2.05) is 52.1 Å². The van der Waals surface area contributed by atoms with Gasteiger partial charge in [0.15, 0.2) is 0 Å². The van der Waals surface area contributed by atoms with Gasteiger partial charge in [0, 0.05) is 25.4 Å². The molecule has 0 aliphatic heterocycles. The van der Waals surface area contributed by atoms with Crippen molar-refractivity contribution < 1.29 is 14.6 Å². The quantitative estimate of drug-likeness (QED) is 0.878. The molecule has 1 saturated carbocycles. The van der Waals surface area contributed by atoms with Crippen molar-refractivity contribution in [3.05, 3.63) is 24.3 Å². The van der Waals surface area contributed by atoms with Gasteiger partial charge in [-0.05, 0) is 76.6 Å². The van der Waals surface area contributed by atoms with Gasteiger partial charge < -0.3 is 20.1 Å². The summed E-state index contributed by atoms with van der Waals surface area (Å²) in [6.07, 6.45) is 3.87. The van der Waals surface area contributed by atoms with Crippen molar-refractivity contribution >= 4 is 11.7 Å². The van der Waals surface area contributed by atoms with Crippen LogP contribution >= 0.6 is 0 Å². The Morgan fingerprint density at radius 1 is 1.21 bits per heavy atom. The van der Waals surface area contributed by atoms with Crippen LogP contribution in [-0.2, 0) is 0 Å². The number of amides is 2. The molecule has 5 heteroatoms. The van der Waals surface area contributed by atoms with E-state index < -0.39 is 0 Å². The van der Waals surface area contributed by atoms with E-state index in [4.69, 9.17) is 4.74 Å². The van der Waals surface area contributed by atoms with E-state index in [-0.39, 0.29) is 24.3 Å². The molecule has 1 fully saturated rings. The van der Waals surface area contributed by atoms with Gasteiger partial charge in [-0.1, -0.05) is 0 Å². The molecule has 0 atom stereocenters. The Morgan fingerprint density at radius 3 is 2.29 bits per heavy atom. The highest BCUT2D eigenvalue weighted by Gasteiger charge is 2.26. The molecular formula is C19H30N2O3. The fourth-order valence-electron chi connectivity index (χ4n) is 3.05. The molecule has 2 N–H and O–H groups in total. The molecule has 5 nitrogen and oxygen atoms in total. The van der Waals surface area contributed by atoms with Crippen LogP contribution in [0.3, 0.4) is 0 Å². The number of anilines is 1. The van der Waals surface area contributed by atoms with Crippen molar-refractivity contribution in [2.45, 2.75) is 58.1 Å². The molecule has 1 aliphatic carbocycles. The van der Waals surface area contributed by atoms with Gasteiger partial charge in [0.25, 0.3) is 0 Å². The maximum atomic E-state index is 12.4. The van der Waals surface area contributed by atoms with Crippen molar-refractivity contribution in [1.82, 2.24) is 4.90 Å². The van der Waals surface area contributed by atoms with Crippen LogP contribution in [0.2, 0.25) is 0 Å². The van der Waals surface area contributed by atoms with Crippen molar-refractivity contribution in [1.29, 1.82) is 0 Å². The van der Waals surface area contributed by atoms with Crippen LogP contribution in [0.25, 0.3) is 0 Å². The Hall–Kier alpha value is -1.75. The molecule has 0 radical (unpaired) electrons. The maximum absolute atomic E-state index is 12.4. The van der Waals surface area contributed by atoms with Crippen LogP contribution in [0.1, 0.15) is 46.5 Å². The van der Waals surface area contributed by atoms with Gasteiger partial charge in [0.2, 0.25) is 0 Å². The molecule has 2 rings (SSSR count). The third-order valence-electron chi connectivity index (χ3n) is 4.47. The highest BCUT2D eigenvalue weighted by molar-refractivity contribution is 5.89. The summed E-state index contributed by atoms with van der Waals surface area (Å²) in [5, 5.41) is 12.1. The molecule has 134 valence electrons. The number of hydrogen-bond acceptors (Lipinski definition) is 3. The molecule has 24 heavy (non-hydrogen) atoms. The van der Waals surface area contributed by atoms with Crippen LogP contribution < -0.4 is 10.1 Å². The van der Waals surface area contributed by atoms with E-state index >= 15 is 0 Å². The topological polar surface area (TPSA) is 61.8 Å². The first-order valence-corrected chi connectivity index (χ1v) is 8.72. The standard InChI is InChI=1S/C19H30N2O3/c1-19(2,3)24-17-11-7-15(8-12-17)20-18(23)21(4)16-9-5-14(13-22)6-10-16/h7-8,11-12,14,16,22H,5-6,9-10,13H2,1-4H3,(H,20,23). The van der Waals surface area contributed by atoms with Gasteiger partial charge in [-0.15, -0.1) is 0 Å². The fraction of sp³-hybridized carbons (Fsp3) is 0.632.